The number of hydrogen-bond acceptors (Lipinski definition) is 3. The summed E-state index contributed by atoms with van der Waals surface area (Å²) in [5, 5.41) is 3.46. The van der Waals surface area contributed by atoms with Crippen LogP contribution in [0.3, 0.4) is 0 Å². The largest absolute Gasteiger partial charge is 0.385 e. The van der Waals surface area contributed by atoms with E-state index in [1.54, 1.807) is 4.31 Å². The van der Waals surface area contributed by atoms with Crippen molar-refractivity contribution in [3.63, 3.8) is 0 Å². The quantitative estimate of drug-likeness (QED) is 0.910. The van der Waals surface area contributed by atoms with Gasteiger partial charge in [-0.25, -0.2) is 12.7 Å². The first-order valence-electron chi connectivity index (χ1n) is 7.65. The number of hydrogen-bond donors (Lipinski definition) is 1. The molecule has 0 amide bonds. The van der Waals surface area contributed by atoms with Crippen LogP contribution in [-0.2, 0) is 10.0 Å². The third kappa shape index (κ3) is 4.71. The van der Waals surface area contributed by atoms with E-state index in [0.29, 0.717) is 24.9 Å². The first-order chi connectivity index (χ1) is 9.86. The number of nitrogens with zero attached hydrogens (tertiary/aromatic N) is 1. The second kappa shape index (κ2) is 6.79. The van der Waals surface area contributed by atoms with Crippen molar-refractivity contribution < 1.29 is 8.42 Å². The van der Waals surface area contributed by atoms with Gasteiger partial charge in [-0.2, -0.15) is 0 Å². The topological polar surface area (TPSA) is 49.4 Å². The van der Waals surface area contributed by atoms with Gasteiger partial charge in [-0.05, 0) is 42.4 Å². The zero-order valence-corrected chi connectivity index (χ0v) is 14.0. The summed E-state index contributed by atoms with van der Waals surface area (Å²) in [4.78, 5) is 0. The summed E-state index contributed by atoms with van der Waals surface area (Å²) in [5.41, 5.74) is 2.44. The maximum absolute atomic E-state index is 11.6. The minimum absolute atomic E-state index is 0.385. The fraction of sp³-hybridized carbons (Fsp3) is 0.625. The smallest absolute Gasteiger partial charge is 0.211 e. The van der Waals surface area contributed by atoms with Gasteiger partial charge in [-0.3, -0.25) is 0 Å². The highest BCUT2D eigenvalue weighted by Gasteiger charge is 2.25. The minimum Gasteiger partial charge on any atom is -0.385 e. The molecule has 1 aliphatic heterocycles. The van der Waals surface area contributed by atoms with Gasteiger partial charge in [0.05, 0.1) is 6.26 Å². The normalized spacial score (nSPS) is 20.7. The molecule has 0 saturated carbocycles. The van der Waals surface area contributed by atoms with Crippen LogP contribution in [0.15, 0.2) is 24.3 Å². The highest BCUT2D eigenvalue weighted by molar-refractivity contribution is 7.88. The van der Waals surface area contributed by atoms with Crippen LogP contribution in [0.4, 0.5) is 5.69 Å². The molecule has 1 saturated heterocycles. The number of rotatable bonds is 5. The maximum atomic E-state index is 11.6. The van der Waals surface area contributed by atoms with Gasteiger partial charge in [0.1, 0.15) is 0 Å². The lowest BCUT2D eigenvalue weighted by Gasteiger charge is -2.31. The third-order valence-electron chi connectivity index (χ3n) is 4.10. The predicted octanol–water partition coefficient (Wildman–Crippen LogP) is 2.89. The summed E-state index contributed by atoms with van der Waals surface area (Å²) in [6.45, 7) is 6.50. The summed E-state index contributed by atoms with van der Waals surface area (Å²) in [6.07, 6.45) is 3.34. The lowest BCUT2D eigenvalue weighted by molar-refractivity contribution is 0.277. The summed E-state index contributed by atoms with van der Waals surface area (Å²) >= 11 is 0. The van der Waals surface area contributed by atoms with E-state index in [1.165, 1.54) is 11.8 Å². The molecule has 1 fully saturated rings. The molecular formula is C16H26N2O2S. The van der Waals surface area contributed by atoms with Crippen molar-refractivity contribution in [2.45, 2.75) is 32.6 Å². The predicted molar refractivity (Wildman–Crippen MR) is 88.2 cm³/mol. The number of benzene rings is 1. The molecule has 1 aliphatic rings. The molecule has 1 heterocycles. The van der Waals surface area contributed by atoms with E-state index in [-0.39, 0.29) is 0 Å². The summed E-state index contributed by atoms with van der Waals surface area (Å²) in [7, 11) is -3.05. The second-order valence-electron chi connectivity index (χ2n) is 6.29. The van der Waals surface area contributed by atoms with E-state index < -0.39 is 10.0 Å². The van der Waals surface area contributed by atoms with Crippen LogP contribution < -0.4 is 5.32 Å². The summed E-state index contributed by atoms with van der Waals surface area (Å²) < 4.78 is 24.9. The molecule has 0 bridgehead atoms. The molecule has 1 atom stereocenters. The average Bonchev–Trinajstić information content (AvgIpc) is 2.45. The van der Waals surface area contributed by atoms with Crippen LogP contribution in [0, 0.1) is 5.92 Å². The first-order valence-corrected chi connectivity index (χ1v) is 9.50. The van der Waals surface area contributed by atoms with Crippen molar-refractivity contribution in [2.24, 2.45) is 5.92 Å². The van der Waals surface area contributed by atoms with Crippen molar-refractivity contribution in [3.05, 3.63) is 29.8 Å². The molecule has 4 nitrogen and oxygen atoms in total. The van der Waals surface area contributed by atoms with Gasteiger partial charge >= 0.3 is 0 Å². The molecule has 0 aromatic heterocycles. The van der Waals surface area contributed by atoms with Crippen LogP contribution in [0.5, 0.6) is 0 Å². The fourth-order valence-corrected chi connectivity index (χ4v) is 3.71. The van der Waals surface area contributed by atoms with E-state index in [9.17, 15) is 8.42 Å². The Hall–Kier alpha value is -1.07. The van der Waals surface area contributed by atoms with Crippen molar-refractivity contribution in [3.8, 4) is 0 Å². The Morgan fingerprint density at radius 1 is 1.38 bits per heavy atom. The van der Waals surface area contributed by atoms with Crippen LogP contribution in [0.1, 0.15) is 38.2 Å². The van der Waals surface area contributed by atoms with E-state index in [2.05, 4.69) is 43.4 Å². The lowest BCUT2D eigenvalue weighted by atomic mass is 9.99. The molecule has 0 spiro atoms. The molecule has 1 aromatic carbocycles. The Kier molecular flexibility index (Phi) is 5.27. The Labute approximate surface area is 128 Å². The molecule has 1 N–H and O–H groups in total. The highest BCUT2D eigenvalue weighted by Crippen LogP contribution is 2.21. The molecular weight excluding hydrogens is 284 g/mol. The molecule has 0 aliphatic carbocycles. The monoisotopic (exact) mass is 310 g/mol. The van der Waals surface area contributed by atoms with Gasteiger partial charge in [-0.1, -0.05) is 26.0 Å². The fourth-order valence-electron chi connectivity index (χ4n) is 2.76. The van der Waals surface area contributed by atoms with Gasteiger partial charge in [0.25, 0.3) is 0 Å². The van der Waals surface area contributed by atoms with Gasteiger partial charge < -0.3 is 5.32 Å². The average molecular weight is 310 g/mol. The SMILES string of the molecule is CC(C)c1cccc(NCC2CCCN(S(C)(=O)=O)C2)c1. The van der Waals surface area contributed by atoms with Gasteiger partial charge in [0, 0.05) is 25.3 Å². The van der Waals surface area contributed by atoms with Crippen LogP contribution in [0.2, 0.25) is 0 Å². The molecule has 21 heavy (non-hydrogen) atoms. The molecule has 2 rings (SSSR count). The number of sulfonamides is 1. The Morgan fingerprint density at radius 3 is 2.81 bits per heavy atom. The minimum atomic E-state index is -3.05. The summed E-state index contributed by atoms with van der Waals surface area (Å²) in [5.74, 6) is 0.901. The van der Waals surface area contributed by atoms with Crippen molar-refractivity contribution in [1.29, 1.82) is 0 Å². The van der Waals surface area contributed by atoms with E-state index in [0.717, 1.165) is 25.1 Å². The van der Waals surface area contributed by atoms with E-state index in [1.807, 2.05) is 0 Å². The lowest BCUT2D eigenvalue weighted by Crippen LogP contribution is -2.41. The zero-order valence-electron chi connectivity index (χ0n) is 13.2. The summed E-state index contributed by atoms with van der Waals surface area (Å²) in [6, 6.07) is 8.47. The standard InChI is InChI=1S/C16H26N2O2S/c1-13(2)15-7-4-8-16(10-15)17-11-14-6-5-9-18(12-14)21(3,19)20/h4,7-8,10,13-14,17H,5-6,9,11-12H2,1-3H3. The zero-order chi connectivity index (χ0) is 15.5. The molecule has 1 aromatic rings. The number of anilines is 1. The van der Waals surface area contributed by atoms with Crippen molar-refractivity contribution in [2.75, 3.05) is 31.2 Å². The maximum Gasteiger partial charge on any atom is 0.211 e. The molecule has 118 valence electrons. The van der Waals surface area contributed by atoms with Crippen LogP contribution in [-0.4, -0.2) is 38.6 Å². The van der Waals surface area contributed by atoms with Crippen molar-refractivity contribution >= 4 is 15.7 Å². The Balaban J connectivity index is 1.92. The number of nitrogens with one attached hydrogen (secondary N) is 1. The third-order valence-corrected chi connectivity index (χ3v) is 5.37. The molecule has 0 radical (unpaired) electrons. The van der Waals surface area contributed by atoms with Gasteiger partial charge in [0.2, 0.25) is 10.0 Å². The van der Waals surface area contributed by atoms with E-state index in [4.69, 9.17) is 0 Å². The van der Waals surface area contributed by atoms with Crippen LogP contribution >= 0.6 is 0 Å². The molecule has 5 heteroatoms. The molecule has 1 unspecified atom stereocenters. The van der Waals surface area contributed by atoms with Gasteiger partial charge in [0.15, 0.2) is 0 Å². The van der Waals surface area contributed by atoms with Gasteiger partial charge in [-0.15, -0.1) is 0 Å². The Morgan fingerprint density at radius 2 is 2.14 bits per heavy atom. The van der Waals surface area contributed by atoms with Crippen LogP contribution in [0.25, 0.3) is 0 Å². The Bertz CT molecular complexity index is 569. The second-order valence-corrected chi connectivity index (χ2v) is 8.27. The van der Waals surface area contributed by atoms with E-state index >= 15 is 0 Å². The van der Waals surface area contributed by atoms with Crippen molar-refractivity contribution in [1.82, 2.24) is 4.31 Å². The number of piperidine rings is 1. The first kappa shape index (κ1) is 16.3. The highest BCUT2D eigenvalue weighted by atomic mass is 32.2.